The van der Waals surface area contributed by atoms with Crippen LogP contribution in [0.3, 0.4) is 0 Å². The van der Waals surface area contributed by atoms with E-state index in [4.69, 9.17) is 5.11 Å². The van der Waals surface area contributed by atoms with Gasteiger partial charge in [0.05, 0.1) is 16.4 Å². The molecule has 21 heavy (non-hydrogen) atoms. The van der Waals surface area contributed by atoms with Gasteiger partial charge >= 0.3 is 0 Å². The predicted octanol–water partition coefficient (Wildman–Crippen LogP) is 1.65. The molecule has 1 atom stereocenters. The number of likely N-dealkylation sites (N-methyl/N-ethyl adjacent to an activating group) is 1. The van der Waals surface area contributed by atoms with E-state index in [1.165, 1.54) is 11.3 Å². The number of aliphatic hydroxyl groups excluding tert-OH is 1. The Balaban J connectivity index is 2.04. The standard InChI is InChI=1S/C16H22N2O2S/c1-17(2)12-13-6-5-10-18(13)16(20)15-9-8-14(21-15)7-3-4-11-19/h8-9,13,19H,4-6,10-12H2,1-2H3. The van der Waals surface area contributed by atoms with E-state index >= 15 is 0 Å². The summed E-state index contributed by atoms with van der Waals surface area (Å²) in [5.41, 5.74) is 0. The summed E-state index contributed by atoms with van der Waals surface area (Å²) in [6, 6.07) is 4.07. The summed E-state index contributed by atoms with van der Waals surface area (Å²) in [6.07, 6.45) is 2.63. The average Bonchev–Trinajstić information content (AvgIpc) is 3.07. The molecular weight excluding hydrogens is 284 g/mol. The molecule has 1 aromatic heterocycles. The topological polar surface area (TPSA) is 43.8 Å². The van der Waals surface area contributed by atoms with E-state index in [2.05, 4.69) is 16.7 Å². The molecule has 0 bridgehead atoms. The zero-order chi connectivity index (χ0) is 15.2. The number of carbonyl (C=O) groups is 1. The number of aliphatic hydroxyl groups is 1. The molecule has 0 saturated carbocycles. The molecule has 0 spiro atoms. The van der Waals surface area contributed by atoms with Crippen molar-refractivity contribution in [3.8, 4) is 11.8 Å². The van der Waals surface area contributed by atoms with E-state index in [9.17, 15) is 4.79 Å². The second-order valence-corrected chi connectivity index (χ2v) is 6.58. The van der Waals surface area contributed by atoms with E-state index in [1.54, 1.807) is 0 Å². The first-order valence-electron chi connectivity index (χ1n) is 7.27. The highest BCUT2D eigenvalue weighted by atomic mass is 32.1. The Morgan fingerprint density at radius 1 is 1.52 bits per heavy atom. The summed E-state index contributed by atoms with van der Waals surface area (Å²) in [4.78, 5) is 18.4. The van der Waals surface area contributed by atoms with Crippen LogP contribution in [-0.4, -0.2) is 60.6 Å². The number of nitrogens with zero attached hydrogens (tertiary/aromatic N) is 2. The fourth-order valence-corrected chi connectivity index (χ4v) is 3.42. The van der Waals surface area contributed by atoms with E-state index in [-0.39, 0.29) is 12.5 Å². The fourth-order valence-electron chi connectivity index (χ4n) is 2.58. The Morgan fingerprint density at radius 2 is 2.33 bits per heavy atom. The molecule has 1 fully saturated rings. The monoisotopic (exact) mass is 306 g/mol. The zero-order valence-corrected chi connectivity index (χ0v) is 13.4. The minimum absolute atomic E-state index is 0.0736. The van der Waals surface area contributed by atoms with Crippen molar-refractivity contribution >= 4 is 17.2 Å². The van der Waals surface area contributed by atoms with E-state index in [0.717, 1.165) is 35.7 Å². The van der Waals surface area contributed by atoms with Gasteiger partial charge in [0.1, 0.15) is 0 Å². The highest BCUT2D eigenvalue weighted by Gasteiger charge is 2.30. The number of likely N-dealkylation sites (tertiary alicyclic amines) is 1. The molecule has 4 nitrogen and oxygen atoms in total. The largest absolute Gasteiger partial charge is 0.395 e. The third-order valence-corrected chi connectivity index (χ3v) is 4.47. The van der Waals surface area contributed by atoms with Crippen LogP contribution in [0.25, 0.3) is 0 Å². The van der Waals surface area contributed by atoms with Crippen molar-refractivity contribution in [1.82, 2.24) is 9.80 Å². The van der Waals surface area contributed by atoms with Gasteiger partial charge in [0, 0.05) is 25.6 Å². The summed E-state index contributed by atoms with van der Waals surface area (Å²) in [5, 5.41) is 8.72. The van der Waals surface area contributed by atoms with Crippen molar-refractivity contribution in [2.75, 3.05) is 33.8 Å². The molecule has 2 heterocycles. The molecule has 1 saturated heterocycles. The first-order valence-corrected chi connectivity index (χ1v) is 8.08. The van der Waals surface area contributed by atoms with Gasteiger partial charge in [-0.1, -0.05) is 11.8 Å². The average molecular weight is 306 g/mol. The predicted molar refractivity (Wildman–Crippen MR) is 85.5 cm³/mol. The molecule has 1 amide bonds. The molecular formula is C16H22N2O2S. The number of hydrogen-bond donors (Lipinski definition) is 1. The highest BCUT2D eigenvalue weighted by molar-refractivity contribution is 7.14. The SMILES string of the molecule is CN(C)CC1CCCN1C(=O)c1ccc(C#CCCO)s1. The fraction of sp³-hybridized carbons (Fsp3) is 0.562. The molecule has 0 aromatic carbocycles. The van der Waals surface area contributed by atoms with Crippen molar-refractivity contribution in [2.45, 2.75) is 25.3 Å². The first kappa shape index (κ1) is 16.0. The molecule has 1 aromatic rings. The maximum Gasteiger partial charge on any atom is 0.264 e. The van der Waals surface area contributed by atoms with Crippen LogP contribution in [0.1, 0.15) is 33.8 Å². The Hall–Kier alpha value is -1.35. The van der Waals surface area contributed by atoms with Gasteiger partial charge in [-0.3, -0.25) is 4.79 Å². The molecule has 1 aliphatic heterocycles. The van der Waals surface area contributed by atoms with Crippen LogP contribution in [0.4, 0.5) is 0 Å². The van der Waals surface area contributed by atoms with E-state index in [0.29, 0.717) is 12.5 Å². The third kappa shape index (κ3) is 4.31. The molecule has 114 valence electrons. The quantitative estimate of drug-likeness (QED) is 0.860. The third-order valence-electron chi connectivity index (χ3n) is 3.48. The normalized spacial score (nSPS) is 17.9. The van der Waals surface area contributed by atoms with Crippen molar-refractivity contribution < 1.29 is 9.90 Å². The van der Waals surface area contributed by atoms with E-state index in [1.807, 2.05) is 31.1 Å². The lowest BCUT2D eigenvalue weighted by Crippen LogP contribution is -2.41. The Labute approximate surface area is 130 Å². The van der Waals surface area contributed by atoms with Crippen molar-refractivity contribution in [3.05, 3.63) is 21.9 Å². The molecule has 1 unspecified atom stereocenters. The zero-order valence-electron chi connectivity index (χ0n) is 12.6. The lowest BCUT2D eigenvalue weighted by Gasteiger charge is -2.26. The van der Waals surface area contributed by atoms with Crippen molar-refractivity contribution in [1.29, 1.82) is 0 Å². The van der Waals surface area contributed by atoms with Gasteiger partial charge in [-0.05, 0) is 39.1 Å². The number of amides is 1. The Bertz CT molecular complexity index is 542. The first-order chi connectivity index (χ1) is 10.1. The van der Waals surface area contributed by atoms with Crippen LogP contribution in [-0.2, 0) is 0 Å². The summed E-state index contributed by atoms with van der Waals surface area (Å²) < 4.78 is 0. The lowest BCUT2D eigenvalue weighted by atomic mass is 10.2. The molecule has 5 heteroatoms. The number of hydrogen-bond acceptors (Lipinski definition) is 4. The summed E-state index contributed by atoms with van der Waals surface area (Å²) in [7, 11) is 4.09. The minimum Gasteiger partial charge on any atom is -0.395 e. The van der Waals surface area contributed by atoms with Crippen LogP contribution < -0.4 is 0 Å². The molecule has 2 rings (SSSR count). The van der Waals surface area contributed by atoms with Gasteiger partial charge in [0.15, 0.2) is 0 Å². The summed E-state index contributed by atoms with van der Waals surface area (Å²) in [5.74, 6) is 6.00. The Morgan fingerprint density at radius 3 is 3.05 bits per heavy atom. The van der Waals surface area contributed by atoms with Crippen LogP contribution >= 0.6 is 11.3 Å². The number of carbonyl (C=O) groups excluding carboxylic acids is 1. The van der Waals surface area contributed by atoms with Crippen LogP contribution in [0.5, 0.6) is 0 Å². The Kier molecular flexibility index (Phi) is 5.80. The van der Waals surface area contributed by atoms with Gasteiger partial charge < -0.3 is 14.9 Å². The molecule has 0 radical (unpaired) electrons. The van der Waals surface area contributed by atoms with Crippen LogP contribution in [0.2, 0.25) is 0 Å². The van der Waals surface area contributed by atoms with Gasteiger partial charge in [-0.2, -0.15) is 0 Å². The van der Waals surface area contributed by atoms with Crippen LogP contribution in [0, 0.1) is 11.8 Å². The van der Waals surface area contributed by atoms with Crippen molar-refractivity contribution in [3.63, 3.8) is 0 Å². The molecule has 1 aliphatic rings. The maximum atomic E-state index is 12.6. The van der Waals surface area contributed by atoms with Crippen LogP contribution in [0.15, 0.2) is 12.1 Å². The minimum atomic E-state index is 0.0736. The molecule has 0 aliphatic carbocycles. The van der Waals surface area contributed by atoms with Gasteiger partial charge in [0.25, 0.3) is 5.91 Å². The summed E-state index contributed by atoms with van der Waals surface area (Å²) in [6.45, 7) is 1.84. The molecule has 1 N–H and O–H groups in total. The second kappa shape index (κ2) is 7.60. The summed E-state index contributed by atoms with van der Waals surface area (Å²) >= 11 is 1.44. The van der Waals surface area contributed by atoms with Gasteiger partial charge in [0.2, 0.25) is 0 Å². The van der Waals surface area contributed by atoms with Gasteiger partial charge in [-0.25, -0.2) is 0 Å². The lowest BCUT2D eigenvalue weighted by molar-refractivity contribution is 0.0721. The highest BCUT2D eigenvalue weighted by Crippen LogP contribution is 2.24. The van der Waals surface area contributed by atoms with E-state index < -0.39 is 0 Å². The maximum absolute atomic E-state index is 12.6. The van der Waals surface area contributed by atoms with Crippen molar-refractivity contribution in [2.24, 2.45) is 0 Å². The smallest absolute Gasteiger partial charge is 0.264 e. The number of rotatable bonds is 4. The second-order valence-electron chi connectivity index (χ2n) is 5.50. The van der Waals surface area contributed by atoms with Gasteiger partial charge in [-0.15, -0.1) is 11.3 Å². The number of thiophene rings is 1.